The lowest BCUT2D eigenvalue weighted by molar-refractivity contribution is -0.137. The molecule has 0 bridgehead atoms. The molecule has 1 N–H and O–H groups in total. The number of hydrogen-bond acceptors (Lipinski definition) is 3. The van der Waals surface area contributed by atoms with Crippen LogP contribution in [0.15, 0.2) is 77.7 Å². The molecule has 4 aromatic rings. The Morgan fingerprint density at radius 2 is 1.70 bits per heavy atom. The number of rotatable bonds is 3. The van der Waals surface area contributed by atoms with Crippen LogP contribution >= 0.6 is 0 Å². The monoisotopic (exact) mass is 370 g/mol. The van der Waals surface area contributed by atoms with Crippen molar-refractivity contribution in [3.05, 3.63) is 78.9 Å². The summed E-state index contributed by atoms with van der Waals surface area (Å²) in [5, 5.41) is 10.8. The minimum atomic E-state index is -4.49. The molecule has 0 unspecified atom stereocenters. The van der Waals surface area contributed by atoms with Crippen LogP contribution in [0.5, 0.6) is 5.75 Å². The van der Waals surface area contributed by atoms with Gasteiger partial charge >= 0.3 is 6.18 Å². The van der Waals surface area contributed by atoms with E-state index < -0.39 is 11.7 Å². The zero-order valence-corrected chi connectivity index (χ0v) is 13.8. The van der Waals surface area contributed by atoms with E-state index in [1.807, 2.05) is 0 Å². The summed E-state index contributed by atoms with van der Waals surface area (Å²) in [4.78, 5) is 4.00. The largest absolute Gasteiger partial charge is 0.504 e. The molecule has 1 aromatic carbocycles. The summed E-state index contributed by atoms with van der Waals surface area (Å²) >= 11 is 0. The number of benzene rings is 1. The van der Waals surface area contributed by atoms with Gasteiger partial charge in [0.1, 0.15) is 0 Å². The van der Waals surface area contributed by atoms with Gasteiger partial charge in [-0.3, -0.25) is 9.55 Å². The highest BCUT2D eigenvalue weighted by Gasteiger charge is 2.32. The van der Waals surface area contributed by atoms with Crippen molar-refractivity contribution in [2.24, 2.45) is 0 Å². The second-order valence-corrected chi connectivity index (χ2v) is 5.87. The van der Waals surface area contributed by atoms with Crippen LogP contribution in [0.1, 0.15) is 5.56 Å². The molecule has 0 aliphatic rings. The second-order valence-electron chi connectivity index (χ2n) is 5.87. The number of nitrogens with zero attached hydrogens (tertiary/aromatic N) is 2. The van der Waals surface area contributed by atoms with Crippen molar-refractivity contribution in [2.45, 2.75) is 6.18 Å². The van der Waals surface area contributed by atoms with Gasteiger partial charge in [-0.15, -0.1) is 0 Å². The molecular weight excluding hydrogens is 357 g/mol. The van der Waals surface area contributed by atoms with Crippen LogP contribution in [0.4, 0.5) is 13.2 Å². The molecule has 136 valence electrons. The normalized spacial score (nSPS) is 11.7. The number of aromatic hydroxyl groups is 1. The smallest absolute Gasteiger partial charge is 0.416 e. The van der Waals surface area contributed by atoms with Crippen molar-refractivity contribution < 1.29 is 22.7 Å². The fraction of sp³-hybridized carbons (Fsp3) is 0.0500. The Morgan fingerprint density at radius 1 is 0.963 bits per heavy atom. The van der Waals surface area contributed by atoms with Crippen molar-refractivity contribution in [2.75, 3.05) is 0 Å². The zero-order valence-electron chi connectivity index (χ0n) is 13.8. The Morgan fingerprint density at radius 3 is 2.37 bits per heavy atom. The number of furan rings is 1. The maximum absolute atomic E-state index is 13.1. The average Bonchev–Trinajstić information content (AvgIpc) is 3.29. The summed E-state index contributed by atoms with van der Waals surface area (Å²) in [5.41, 5.74) is 0.0877. The van der Waals surface area contributed by atoms with E-state index in [4.69, 9.17) is 4.42 Å². The van der Waals surface area contributed by atoms with Crippen molar-refractivity contribution in [3.8, 4) is 34.1 Å². The van der Waals surface area contributed by atoms with Crippen LogP contribution in [0.3, 0.4) is 0 Å². The third-order valence-corrected chi connectivity index (χ3v) is 4.11. The first-order valence-electron chi connectivity index (χ1n) is 8.02. The van der Waals surface area contributed by atoms with Crippen LogP contribution in [0.25, 0.3) is 28.3 Å². The van der Waals surface area contributed by atoms with Gasteiger partial charge in [0.15, 0.2) is 11.5 Å². The lowest BCUT2D eigenvalue weighted by Gasteiger charge is -2.09. The van der Waals surface area contributed by atoms with Crippen molar-refractivity contribution in [1.82, 2.24) is 9.55 Å². The van der Waals surface area contributed by atoms with Crippen LogP contribution in [-0.4, -0.2) is 14.7 Å². The molecule has 3 heterocycles. The number of aromatic nitrogens is 2. The molecule has 0 saturated carbocycles. The van der Waals surface area contributed by atoms with Gasteiger partial charge in [0.05, 0.1) is 11.1 Å². The first kappa shape index (κ1) is 17.0. The van der Waals surface area contributed by atoms with Crippen LogP contribution in [-0.2, 0) is 6.18 Å². The Kier molecular flexibility index (Phi) is 3.99. The Labute approximate surface area is 152 Å². The SMILES string of the molecule is Oc1c(-c2cccnc2)oc(-n2cccc2)c1-c1cccc(C(F)(F)F)c1. The first-order valence-corrected chi connectivity index (χ1v) is 8.02. The molecule has 27 heavy (non-hydrogen) atoms. The standard InChI is InChI=1S/C20H13F3N2O2/c21-20(22,23)15-7-3-5-13(11-15)16-17(26)18(14-6-4-8-24-12-14)27-19(16)25-9-1-2-10-25/h1-12,26H. The summed E-state index contributed by atoms with van der Waals surface area (Å²) in [5.74, 6) is 0.112. The number of hydrogen-bond donors (Lipinski definition) is 1. The van der Waals surface area contributed by atoms with E-state index in [0.717, 1.165) is 12.1 Å². The van der Waals surface area contributed by atoms with Gasteiger partial charge in [0.25, 0.3) is 0 Å². The summed E-state index contributed by atoms with van der Waals surface area (Å²) in [6.07, 6.45) is 1.96. The molecule has 3 aromatic heterocycles. The van der Waals surface area contributed by atoms with Crippen molar-refractivity contribution in [3.63, 3.8) is 0 Å². The van der Waals surface area contributed by atoms with Gasteiger partial charge in [-0.05, 0) is 42.0 Å². The first-order chi connectivity index (χ1) is 12.9. The van der Waals surface area contributed by atoms with Gasteiger partial charge in [-0.1, -0.05) is 12.1 Å². The van der Waals surface area contributed by atoms with E-state index in [-0.39, 0.29) is 28.5 Å². The van der Waals surface area contributed by atoms with E-state index in [9.17, 15) is 18.3 Å². The van der Waals surface area contributed by atoms with E-state index in [1.54, 1.807) is 47.4 Å². The van der Waals surface area contributed by atoms with E-state index in [2.05, 4.69) is 4.98 Å². The highest BCUT2D eigenvalue weighted by molar-refractivity contribution is 5.84. The molecule has 0 saturated heterocycles. The van der Waals surface area contributed by atoms with Gasteiger partial charge in [-0.25, -0.2) is 0 Å². The van der Waals surface area contributed by atoms with Gasteiger partial charge < -0.3 is 9.52 Å². The average molecular weight is 370 g/mol. The summed E-state index contributed by atoms with van der Waals surface area (Å²) in [6.45, 7) is 0. The molecule has 0 aliphatic carbocycles. The minimum absolute atomic E-state index is 0.138. The van der Waals surface area contributed by atoms with Crippen LogP contribution in [0, 0.1) is 0 Å². The van der Waals surface area contributed by atoms with Crippen molar-refractivity contribution >= 4 is 0 Å². The highest BCUT2D eigenvalue weighted by atomic mass is 19.4. The molecule has 0 amide bonds. The molecule has 0 fully saturated rings. The Bertz CT molecular complexity index is 1070. The third-order valence-electron chi connectivity index (χ3n) is 4.11. The topological polar surface area (TPSA) is 51.2 Å². The van der Waals surface area contributed by atoms with E-state index in [1.165, 1.54) is 18.3 Å². The minimum Gasteiger partial charge on any atom is -0.504 e. The van der Waals surface area contributed by atoms with Crippen LogP contribution in [0.2, 0.25) is 0 Å². The summed E-state index contributed by atoms with van der Waals surface area (Å²) < 4.78 is 46.8. The lowest BCUT2D eigenvalue weighted by Crippen LogP contribution is -2.04. The van der Waals surface area contributed by atoms with Gasteiger partial charge in [0.2, 0.25) is 5.88 Å². The Balaban J connectivity index is 1.96. The maximum Gasteiger partial charge on any atom is 0.416 e. The maximum atomic E-state index is 13.1. The molecule has 7 heteroatoms. The fourth-order valence-electron chi connectivity index (χ4n) is 2.87. The van der Waals surface area contributed by atoms with Crippen molar-refractivity contribution in [1.29, 1.82) is 0 Å². The summed E-state index contributed by atoms with van der Waals surface area (Å²) in [7, 11) is 0. The number of pyridine rings is 1. The highest BCUT2D eigenvalue weighted by Crippen LogP contribution is 2.45. The molecular formula is C20H13F3N2O2. The fourth-order valence-corrected chi connectivity index (χ4v) is 2.87. The van der Waals surface area contributed by atoms with Gasteiger partial charge in [0, 0.05) is 30.4 Å². The van der Waals surface area contributed by atoms with Gasteiger partial charge in [-0.2, -0.15) is 13.2 Å². The predicted octanol–water partition coefficient (Wildman–Crippen LogP) is 5.52. The number of alkyl halides is 3. The second kappa shape index (κ2) is 6.35. The molecule has 4 rings (SSSR count). The summed E-state index contributed by atoms with van der Waals surface area (Å²) in [6, 6.07) is 11.6. The third kappa shape index (κ3) is 3.08. The van der Waals surface area contributed by atoms with E-state index in [0.29, 0.717) is 5.56 Å². The Hall–Kier alpha value is -3.48. The van der Waals surface area contributed by atoms with E-state index >= 15 is 0 Å². The molecule has 0 atom stereocenters. The molecule has 0 aliphatic heterocycles. The molecule has 0 radical (unpaired) electrons. The quantitative estimate of drug-likeness (QED) is 0.516. The van der Waals surface area contributed by atoms with Crippen LogP contribution < -0.4 is 0 Å². The predicted molar refractivity (Wildman–Crippen MR) is 93.4 cm³/mol. The lowest BCUT2D eigenvalue weighted by atomic mass is 10.0. The number of halogens is 3. The zero-order chi connectivity index (χ0) is 19.0. The molecule has 0 spiro atoms. The molecule has 4 nitrogen and oxygen atoms in total.